The maximum absolute atomic E-state index is 12.1. The number of amides is 1. The fourth-order valence-electron chi connectivity index (χ4n) is 2.86. The van der Waals surface area contributed by atoms with Crippen LogP contribution in [0.2, 0.25) is 0 Å². The molecule has 0 aromatic carbocycles. The van der Waals surface area contributed by atoms with Gasteiger partial charge >= 0.3 is 5.97 Å². The van der Waals surface area contributed by atoms with Crippen molar-refractivity contribution in [2.45, 2.75) is 32.2 Å². The van der Waals surface area contributed by atoms with Gasteiger partial charge in [0.2, 0.25) is 15.9 Å². The first-order valence-corrected chi connectivity index (χ1v) is 8.86. The molecule has 1 N–H and O–H groups in total. The zero-order valence-electron chi connectivity index (χ0n) is 12.4. The van der Waals surface area contributed by atoms with Crippen molar-refractivity contribution in [1.29, 1.82) is 0 Å². The maximum atomic E-state index is 12.1. The molecule has 1 saturated carbocycles. The summed E-state index contributed by atoms with van der Waals surface area (Å²) in [6, 6.07) is -0.0755. The van der Waals surface area contributed by atoms with E-state index >= 15 is 0 Å². The van der Waals surface area contributed by atoms with Crippen molar-refractivity contribution in [2.75, 3.05) is 25.9 Å². The molecule has 0 radical (unpaired) electrons. The summed E-state index contributed by atoms with van der Waals surface area (Å²) in [4.78, 5) is 24.6. The average Bonchev–Trinajstić information content (AvgIpc) is 3.26. The fraction of sp³-hybridized carbons (Fsp3) is 0.846. The number of sulfonamides is 1. The van der Waals surface area contributed by atoms with Gasteiger partial charge in [0, 0.05) is 26.2 Å². The Labute approximate surface area is 125 Å². The predicted octanol–water partition coefficient (Wildman–Crippen LogP) is -0.0204. The van der Waals surface area contributed by atoms with Crippen molar-refractivity contribution >= 4 is 21.9 Å². The smallest absolute Gasteiger partial charge is 0.307 e. The Morgan fingerprint density at radius 1 is 1.24 bits per heavy atom. The first-order valence-electron chi connectivity index (χ1n) is 7.25. The van der Waals surface area contributed by atoms with E-state index in [0.29, 0.717) is 32.4 Å². The molecule has 21 heavy (non-hydrogen) atoms. The van der Waals surface area contributed by atoms with E-state index in [2.05, 4.69) is 0 Å². The summed E-state index contributed by atoms with van der Waals surface area (Å²) in [6.45, 7) is 2.61. The summed E-state index contributed by atoms with van der Waals surface area (Å²) in [6.07, 6.45) is 1.63. The van der Waals surface area contributed by atoms with E-state index in [1.165, 1.54) is 4.31 Å². The van der Waals surface area contributed by atoms with E-state index in [9.17, 15) is 18.0 Å². The Morgan fingerprint density at radius 2 is 1.81 bits per heavy atom. The van der Waals surface area contributed by atoms with E-state index in [1.807, 2.05) is 0 Å². The number of carboxylic acids is 1. The number of carboxylic acid groups (broad SMARTS) is 1. The van der Waals surface area contributed by atoms with Crippen LogP contribution in [0.1, 0.15) is 26.2 Å². The monoisotopic (exact) mass is 318 g/mol. The van der Waals surface area contributed by atoms with E-state index < -0.39 is 21.9 Å². The van der Waals surface area contributed by atoms with Crippen LogP contribution >= 0.6 is 0 Å². The van der Waals surface area contributed by atoms with Crippen LogP contribution in [0, 0.1) is 11.8 Å². The lowest BCUT2D eigenvalue weighted by atomic mass is 10.0. The summed E-state index contributed by atoms with van der Waals surface area (Å²) in [5, 5.41) is 8.86. The second kappa shape index (κ2) is 5.92. The van der Waals surface area contributed by atoms with Crippen LogP contribution < -0.4 is 0 Å². The van der Waals surface area contributed by atoms with Crippen LogP contribution in [-0.2, 0) is 19.6 Å². The maximum Gasteiger partial charge on any atom is 0.307 e. The summed E-state index contributed by atoms with van der Waals surface area (Å²) < 4.78 is 25.1. The number of likely N-dealkylation sites (tertiary alicyclic amines) is 1. The van der Waals surface area contributed by atoms with Crippen molar-refractivity contribution < 1.29 is 23.1 Å². The van der Waals surface area contributed by atoms with Gasteiger partial charge in [-0.25, -0.2) is 12.7 Å². The second-order valence-electron chi connectivity index (χ2n) is 5.76. The third-order valence-corrected chi connectivity index (χ3v) is 6.42. The molecule has 0 aromatic heterocycles. The highest BCUT2D eigenvalue weighted by molar-refractivity contribution is 7.89. The van der Waals surface area contributed by atoms with Crippen molar-refractivity contribution in [2.24, 2.45) is 11.8 Å². The molecular formula is C13H22N2O5S. The number of aliphatic carboxylic acids is 1. The molecule has 0 aromatic rings. The van der Waals surface area contributed by atoms with Crippen molar-refractivity contribution in [3.8, 4) is 0 Å². The molecule has 1 heterocycles. The minimum absolute atomic E-state index is 0.0744. The molecule has 1 aliphatic heterocycles. The molecule has 8 heteroatoms. The molecule has 0 bridgehead atoms. The van der Waals surface area contributed by atoms with Gasteiger partial charge in [0.15, 0.2) is 0 Å². The van der Waals surface area contributed by atoms with Crippen molar-refractivity contribution in [1.82, 2.24) is 9.21 Å². The fourth-order valence-corrected chi connectivity index (χ4v) is 3.93. The lowest BCUT2D eigenvalue weighted by Crippen LogP contribution is -2.48. The quantitative estimate of drug-likeness (QED) is 0.768. The standard InChI is InChI=1S/C13H22N2O5S/c1-3-21(19,20)14(2)9-4-6-15(7-5-9)12(16)10-8-11(10)13(17)18/h9-11H,3-8H2,1-2H3,(H,17,18). The van der Waals surface area contributed by atoms with Gasteiger partial charge < -0.3 is 10.0 Å². The second-order valence-corrected chi connectivity index (χ2v) is 8.08. The van der Waals surface area contributed by atoms with Gasteiger partial charge in [-0.05, 0) is 26.2 Å². The predicted molar refractivity (Wildman–Crippen MR) is 76.1 cm³/mol. The SMILES string of the molecule is CCS(=O)(=O)N(C)C1CCN(C(=O)C2CC2C(=O)O)CC1. The van der Waals surface area contributed by atoms with Crippen LogP contribution in [0.5, 0.6) is 0 Å². The molecule has 0 spiro atoms. The molecule has 2 fully saturated rings. The Hall–Kier alpha value is -1.15. The van der Waals surface area contributed by atoms with Crippen molar-refractivity contribution in [3.63, 3.8) is 0 Å². The van der Waals surface area contributed by atoms with E-state index in [-0.39, 0.29) is 23.6 Å². The van der Waals surface area contributed by atoms with Crippen LogP contribution in [0.15, 0.2) is 0 Å². The minimum Gasteiger partial charge on any atom is -0.481 e. The van der Waals surface area contributed by atoms with Crippen LogP contribution in [0.25, 0.3) is 0 Å². The van der Waals surface area contributed by atoms with Gasteiger partial charge in [-0.1, -0.05) is 0 Å². The number of carbonyl (C=O) groups excluding carboxylic acids is 1. The van der Waals surface area contributed by atoms with Crippen LogP contribution in [0.4, 0.5) is 0 Å². The largest absolute Gasteiger partial charge is 0.481 e. The Bertz CT molecular complexity index is 525. The van der Waals surface area contributed by atoms with Crippen LogP contribution in [0.3, 0.4) is 0 Å². The number of rotatable bonds is 5. The third kappa shape index (κ3) is 3.37. The number of carbonyl (C=O) groups is 2. The first-order chi connectivity index (χ1) is 9.77. The van der Waals surface area contributed by atoms with Gasteiger partial charge in [0.25, 0.3) is 0 Å². The normalized spacial score (nSPS) is 26.9. The molecule has 2 unspecified atom stereocenters. The molecule has 120 valence electrons. The van der Waals surface area contributed by atoms with Gasteiger partial charge in [-0.15, -0.1) is 0 Å². The first kappa shape index (κ1) is 16.2. The summed E-state index contributed by atoms with van der Waals surface area (Å²) in [5.74, 6) is -1.83. The molecule has 1 saturated heterocycles. The van der Waals surface area contributed by atoms with Gasteiger partial charge in [-0.3, -0.25) is 9.59 Å². The van der Waals surface area contributed by atoms with E-state index in [1.54, 1.807) is 18.9 Å². The number of hydrogen-bond acceptors (Lipinski definition) is 4. The third-order valence-electron chi connectivity index (χ3n) is 4.52. The Balaban J connectivity index is 1.87. The molecule has 2 atom stereocenters. The molecule has 2 aliphatic rings. The van der Waals surface area contributed by atoms with E-state index in [0.717, 1.165) is 0 Å². The highest BCUT2D eigenvalue weighted by Crippen LogP contribution is 2.40. The zero-order valence-corrected chi connectivity index (χ0v) is 13.2. The highest BCUT2D eigenvalue weighted by Gasteiger charge is 2.50. The number of piperidine rings is 1. The average molecular weight is 318 g/mol. The van der Waals surface area contributed by atoms with E-state index in [4.69, 9.17) is 5.11 Å². The van der Waals surface area contributed by atoms with Gasteiger partial charge in [0.05, 0.1) is 17.6 Å². The molecule has 2 rings (SSSR count). The van der Waals surface area contributed by atoms with Gasteiger partial charge in [0.1, 0.15) is 0 Å². The Morgan fingerprint density at radius 3 is 2.24 bits per heavy atom. The topological polar surface area (TPSA) is 95.0 Å². The molecule has 7 nitrogen and oxygen atoms in total. The van der Waals surface area contributed by atoms with Gasteiger partial charge in [-0.2, -0.15) is 0 Å². The summed E-state index contributed by atoms with van der Waals surface area (Å²) in [5.41, 5.74) is 0. The molecule has 1 aliphatic carbocycles. The number of nitrogens with zero attached hydrogens (tertiary/aromatic N) is 2. The van der Waals surface area contributed by atoms with Crippen molar-refractivity contribution in [3.05, 3.63) is 0 Å². The number of hydrogen-bond donors (Lipinski definition) is 1. The summed E-state index contributed by atoms with van der Waals surface area (Å²) in [7, 11) is -1.62. The Kier molecular flexibility index (Phi) is 4.57. The summed E-state index contributed by atoms with van der Waals surface area (Å²) >= 11 is 0. The molecular weight excluding hydrogens is 296 g/mol. The molecule has 1 amide bonds. The van der Waals surface area contributed by atoms with Crippen LogP contribution in [-0.4, -0.2) is 66.5 Å². The highest BCUT2D eigenvalue weighted by atomic mass is 32.2. The zero-order chi connectivity index (χ0) is 15.8. The lowest BCUT2D eigenvalue weighted by molar-refractivity contribution is -0.142. The minimum atomic E-state index is -3.21. The lowest BCUT2D eigenvalue weighted by Gasteiger charge is -2.36.